The summed E-state index contributed by atoms with van der Waals surface area (Å²) in [5.74, 6) is 0. The van der Waals surface area contributed by atoms with Gasteiger partial charge in [-0.1, -0.05) is 90.9 Å². The standard InChI is InChI=1S/C20H44O2Si/c1-5-9-11-13-14-16-18-20-23(21-7-3,22-8-4)19-17-15-12-10-6-2/h5-20H2,1-4H3. The third-order valence-electron chi connectivity index (χ3n) is 4.64. The second-order valence-corrected chi connectivity index (χ2v) is 10.2. The Kier molecular flexibility index (Phi) is 17.1. The molecule has 0 radical (unpaired) electrons. The summed E-state index contributed by atoms with van der Waals surface area (Å²) in [5.41, 5.74) is 0. The fourth-order valence-electron chi connectivity index (χ4n) is 3.33. The molecule has 0 amide bonds. The Balaban J connectivity index is 4.09. The maximum atomic E-state index is 6.24. The van der Waals surface area contributed by atoms with Gasteiger partial charge in [-0.3, -0.25) is 0 Å². The zero-order chi connectivity index (χ0) is 17.2. The van der Waals surface area contributed by atoms with Gasteiger partial charge < -0.3 is 8.85 Å². The van der Waals surface area contributed by atoms with Crippen molar-refractivity contribution in [3.8, 4) is 0 Å². The van der Waals surface area contributed by atoms with Crippen LogP contribution in [0.4, 0.5) is 0 Å². The third-order valence-corrected chi connectivity index (χ3v) is 8.50. The van der Waals surface area contributed by atoms with Crippen LogP contribution < -0.4 is 0 Å². The van der Waals surface area contributed by atoms with Gasteiger partial charge in [0.15, 0.2) is 0 Å². The Hall–Kier alpha value is 0.137. The summed E-state index contributed by atoms with van der Waals surface area (Å²) >= 11 is 0. The van der Waals surface area contributed by atoms with Crippen molar-refractivity contribution in [2.75, 3.05) is 13.2 Å². The van der Waals surface area contributed by atoms with Crippen molar-refractivity contribution >= 4 is 8.56 Å². The fourth-order valence-corrected chi connectivity index (χ4v) is 6.87. The van der Waals surface area contributed by atoms with Crippen molar-refractivity contribution in [1.29, 1.82) is 0 Å². The molecule has 0 unspecified atom stereocenters. The predicted octanol–water partition coefficient (Wildman–Crippen LogP) is 7.22. The molecule has 0 aromatic rings. The molecular formula is C20H44O2Si. The molecule has 23 heavy (non-hydrogen) atoms. The smallest absolute Gasteiger partial charge is 0.338 e. The molecule has 0 spiro atoms. The van der Waals surface area contributed by atoms with Crippen molar-refractivity contribution in [3.05, 3.63) is 0 Å². The van der Waals surface area contributed by atoms with E-state index in [9.17, 15) is 0 Å². The summed E-state index contributed by atoms with van der Waals surface area (Å²) in [7, 11) is -1.93. The maximum Gasteiger partial charge on any atom is 0.338 e. The van der Waals surface area contributed by atoms with E-state index in [-0.39, 0.29) is 0 Å². The first kappa shape index (κ1) is 23.1. The van der Waals surface area contributed by atoms with Gasteiger partial charge in [-0.15, -0.1) is 0 Å². The molecule has 0 N–H and O–H groups in total. The molecule has 0 aromatic heterocycles. The van der Waals surface area contributed by atoms with E-state index in [1.54, 1.807) is 0 Å². The van der Waals surface area contributed by atoms with Crippen LogP contribution >= 0.6 is 0 Å². The van der Waals surface area contributed by atoms with Gasteiger partial charge in [0.25, 0.3) is 0 Å². The lowest BCUT2D eigenvalue weighted by molar-refractivity contribution is 0.180. The van der Waals surface area contributed by atoms with E-state index in [0.29, 0.717) is 0 Å². The molecule has 0 aromatic carbocycles. The van der Waals surface area contributed by atoms with Crippen molar-refractivity contribution in [3.63, 3.8) is 0 Å². The van der Waals surface area contributed by atoms with Crippen molar-refractivity contribution in [2.45, 2.75) is 117 Å². The third kappa shape index (κ3) is 13.1. The van der Waals surface area contributed by atoms with Gasteiger partial charge in [-0.2, -0.15) is 0 Å². The van der Waals surface area contributed by atoms with Crippen LogP contribution in [0.15, 0.2) is 0 Å². The summed E-state index contributed by atoms with van der Waals surface area (Å²) in [6.07, 6.45) is 16.3. The second kappa shape index (κ2) is 17.0. The molecule has 3 heteroatoms. The van der Waals surface area contributed by atoms with Crippen LogP contribution in [0, 0.1) is 0 Å². The van der Waals surface area contributed by atoms with E-state index in [1.165, 1.54) is 89.1 Å². The normalized spacial score (nSPS) is 12.0. The zero-order valence-corrected chi connectivity index (χ0v) is 17.6. The molecule has 0 aliphatic rings. The first-order valence-electron chi connectivity index (χ1n) is 10.5. The van der Waals surface area contributed by atoms with Gasteiger partial charge in [-0.05, 0) is 25.9 Å². The fraction of sp³-hybridized carbons (Fsp3) is 1.00. The number of rotatable bonds is 18. The largest absolute Gasteiger partial charge is 0.394 e. The molecule has 0 aliphatic heterocycles. The highest BCUT2D eigenvalue weighted by atomic mass is 28.4. The van der Waals surface area contributed by atoms with Crippen LogP contribution in [0.5, 0.6) is 0 Å². The molecule has 0 aliphatic carbocycles. The number of unbranched alkanes of at least 4 members (excludes halogenated alkanes) is 10. The van der Waals surface area contributed by atoms with E-state index in [4.69, 9.17) is 8.85 Å². The molecule has 0 rings (SSSR count). The summed E-state index contributed by atoms with van der Waals surface area (Å²) in [6, 6.07) is 2.41. The molecule has 0 atom stereocenters. The van der Waals surface area contributed by atoms with Crippen LogP contribution in [-0.2, 0) is 8.85 Å². The van der Waals surface area contributed by atoms with Gasteiger partial charge in [0.05, 0.1) is 0 Å². The lowest BCUT2D eigenvalue weighted by Crippen LogP contribution is -2.42. The number of hydrogen-bond donors (Lipinski definition) is 0. The van der Waals surface area contributed by atoms with E-state index >= 15 is 0 Å². The highest BCUT2D eigenvalue weighted by Crippen LogP contribution is 2.26. The predicted molar refractivity (Wildman–Crippen MR) is 105 cm³/mol. The quantitative estimate of drug-likeness (QED) is 0.193. The summed E-state index contributed by atoms with van der Waals surface area (Å²) in [4.78, 5) is 0. The minimum Gasteiger partial charge on any atom is -0.394 e. The van der Waals surface area contributed by atoms with Crippen LogP contribution in [0.3, 0.4) is 0 Å². The first-order chi connectivity index (χ1) is 11.2. The average Bonchev–Trinajstić information content (AvgIpc) is 2.54. The van der Waals surface area contributed by atoms with Gasteiger partial charge in [-0.25, -0.2) is 0 Å². The summed E-state index contributed by atoms with van der Waals surface area (Å²) < 4.78 is 12.5. The van der Waals surface area contributed by atoms with E-state index < -0.39 is 8.56 Å². The number of hydrogen-bond acceptors (Lipinski definition) is 2. The Labute approximate surface area is 148 Å². The van der Waals surface area contributed by atoms with Crippen LogP contribution in [-0.4, -0.2) is 21.8 Å². The van der Waals surface area contributed by atoms with E-state index in [0.717, 1.165) is 13.2 Å². The van der Waals surface area contributed by atoms with Crippen LogP contribution in [0.1, 0.15) is 105 Å². The highest BCUT2D eigenvalue weighted by Gasteiger charge is 2.35. The average molecular weight is 345 g/mol. The van der Waals surface area contributed by atoms with Gasteiger partial charge >= 0.3 is 8.56 Å². The minimum absolute atomic E-state index is 0.817. The molecule has 0 saturated carbocycles. The molecule has 0 fully saturated rings. The van der Waals surface area contributed by atoms with Crippen molar-refractivity contribution in [1.82, 2.24) is 0 Å². The first-order valence-corrected chi connectivity index (χ1v) is 12.8. The molecule has 0 saturated heterocycles. The molecular weight excluding hydrogens is 300 g/mol. The van der Waals surface area contributed by atoms with E-state index in [2.05, 4.69) is 27.7 Å². The monoisotopic (exact) mass is 344 g/mol. The lowest BCUT2D eigenvalue weighted by Gasteiger charge is -2.30. The Morgan fingerprint density at radius 1 is 0.478 bits per heavy atom. The van der Waals surface area contributed by atoms with Crippen molar-refractivity contribution in [2.24, 2.45) is 0 Å². The van der Waals surface area contributed by atoms with Crippen molar-refractivity contribution < 1.29 is 8.85 Å². The Bertz CT molecular complexity index is 228. The Morgan fingerprint density at radius 3 is 1.17 bits per heavy atom. The molecule has 0 bridgehead atoms. The zero-order valence-electron chi connectivity index (χ0n) is 16.6. The minimum atomic E-state index is -1.93. The van der Waals surface area contributed by atoms with Gasteiger partial charge in [0.1, 0.15) is 0 Å². The topological polar surface area (TPSA) is 18.5 Å². The van der Waals surface area contributed by atoms with Gasteiger partial charge in [0.2, 0.25) is 0 Å². The Morgan fingerprint density at radius 2 is 0.826 bits per heavy atom. The molecule has 140 valence electrons. The van der Waals surface area contributed by atoms with Gasteiger partial charge in [0, 0.05) is 13.2 Å². The van der Waals surface area contributed by atoms with Crippen LogP contribution in [0.2, 0.25) is 12.1 Å². The molecule has 2 nitrogen and oxygen atoms in total. The second-order valence-electron chi connectivity index (χ2n) is 6.81. The lowest BCUT2D eigenvalue weighted by atomic mass is 10.1. The highest BCUT2D eigenvalue weighted by molar-refractivity contribution is 6.67. The summed E-state index contributed by atoms with van der Waals surface area (Å²) in [6.45, 7) is 10.4. The van der Waals surface area contributed by atoms with Crippen LogP contribution in [0.25, 0.3) is 0 Å². The SMILES string of the molecule is CCCCCCCCC[Si](CCCCCCC)(OCC)OCC. The van der Waals surface area contributed by atoms with E-state index in [1.807, 2.05) is 0 Å². The molecule has 0 heterocycles. The summed E-state index contributed by atoms with van der Waals surface area (Å²) in [5, 5.41) is 0. The maximum absolute atomic E-state index is 6.24.